The second kappa shape index (κ2) is 10.4. The van der Waals surface area contributed by atoms with Gasteiger partial charge in [0.15, 0.2) is 0 Å². The number of likely N-dealkylation sites (tertiary alicyclic amines) is 2. The number of halogens is 1. The van der Waals surface area contributed by atoms with E-state index < -0.39 is 0 Å². The highest BCUT2D eigenvalue weighted by Gasteiger charge is 2.25. The Labute approximate surface area is 208 Å². The number of piperidine rings is 2. The van der Waals surface area contributed by atoms with Crippen LogP contribution in [-0.4, -0.2) is 41.0 Å². The van der Waals surface area contributed by atoms with Gasteiger partial charge in [-0.15, -0.1) is 0 Å². The fraction of sp³-hybridized carbons (Fsp3) is 0.433. The number of anilines is 1. The maximum atomic E-state index is 13.2. The molecule has 0 aliphatic carbocycles. The van der Waals surface area contributed by atoms with Crippen LogP contribution in [0.1, 0.15) is 63.0 Å². The number of carbonyl (C=O) groups excluding carboxylic acids is 1. The number of hydrogen-bond donors (Lipinski definition) is 1. The highest BCUT2D eigenvalue weighted by Crippen LogP contribution is 2.29. The van der Waals surface area contributed by atoms with Gasteiger partial charge in [-0.25, -0.2) is 9.18 Å². The first-order chi connectivity index (χ1) is 17.0. The van der Waals surface area contributed by atoms with Gasteiger partial charge in [0.25, 0.3) is 0 Å². The molecule has 0 aromatic heterocycles. The summed E-state index contributed by atoms with van der Waals surface area (Å²) in [6.07, 6.45) is 5.69. The fourth-order valence-electron chi connectivity index (χ4n) is 5.82. The fourth-order valence-corrected chi connectivity index (χ4v) is 5.82. The highest BCUT2D eigenvalue weighted by molar-refractivity contribution is 5.93. The summed E-state index contributed by atoms with van der Waals surface area (Å²) in [5.41, 5.74) is 3.33. The van der Waals surface area contributed by atoms with Gasteiger partial charge in [-0.1, -0.05) is 36.8 Å². The molecule has 35 heavy (non-hydrogen) atoms. The molecule has 0 saturated carbocycles. The maximum absolute atomic E-state index is 13.2. The lowest BCUT2D eigenvalue weighted by Crippen LogP contribution is -2.42. The van der Waals surface area contributed by atoms with Crippen LogP contribution in [0, 0.1) is 5.82 Å². The van der Waals surface area contributed by atoms with E-state index in [0.717, 1.165) is 36.0 Å². The lowest BCUT2D eigenvalue weighted by Gasteiger charge is -2.39. The van der Waals surface area contributed by atoms with Crippen molar-refractivity contribution in [2.24, 2.45) is 0 Å². The average molecular weight is 474 g/mol. The smallest absolute Gasteiger partial charge is 0.321 e. The summed E-state index contributed by atoms with van der Waals surface area (Å²) in [7, 11) is 0. The van der Waals surface area contributed by atoms with Crippen molar-refractivity contribution >= 4 is 22.5 Å². The van der Waals surface area contributed by atoms with Crippen LogP contribution >= 0.6 is 0 Å². The van der Waals surface area contributed by atoms with Crippen LogP contribution < -0.4 is 5.32 Å². The van der Waals surface area contributed by atoms with Crippen LogP contribution in [0.3, 0.4) is 0 Å². The molecular formula is C30H36FN3O. The Morgan fingerprint density at radius 3 is 2.26 bits per heavy atom. The van der Waals surface area contributed by atoms with Crippen molar-refractivity contribution in [2.45, 2.75) is 70.5 Å². The summed E-state index contributed by atoms with van der Waals surface area (Å²) >= 11 is 0. The molecule has 0 radical (unpaired) electrons. The van der Waals surface area contributed by atoms with Gasteiger partial charge in [-0.05, 0) is 97.7 Å². The van der Waals surface area contributed by atoms with E-state index in [9.17, 15) is 9.18 Å². The zero-order valence-corrected chi connectivity index (χ0v) is 20.8. The van der Waals surface area contributed by atoms with Gasteiger partial charge in [0.1, 0.15) is 5.82 Å². The predicted octanol–water partition coefficient (Wildman–Crippen LogP) is 7.15. The molecule has 3 aromatic carbocycles. The SMILES string of the molecule is C[C@@H]1CCC[C@H](C)N1Cc1ccc2cc(NC(=O)N3CCC(c4ccc(F)cc4)CC3)ccc2c1. The number of carbonyl (C=O) groups is 1. The summed E-state index contributed by atoms with van der Waals surface area (Å²) in [4.78, 5) is 17.4. The monoisotopic (exact) mass is 473 g/mol. The van der Waals surface area contributed by atoms with Gasteiger partial charge in [0.2, 0.25) is 0 Å². The molecule has 2 aliphatic heterocycles. The summed E-state index contributed by atoms with van der Waals surface area (Å²) < 4.78 is 13.2. The number of urea groups is 1. The van der Waals surface area contributed by atoms with Gasteiger partial charge >= 0.3 is 6.03 Å². The molecule has 3 aromatic rings. The van der Waals surface area contributed by atoms with Crippen LogP contribution in [0.4, 0.5) is 14.9 Å². The Morgan fingerprint density at radius 2 is 1.54 bits per heavy atom. The van der Waals surface area contributed by atoms with Crippen molar-refractivity contribution in [2.75, 3.05) is 18.4 Å². The van der Waals surface area contributed by atoms with Crippen LogP contribution in [0.5, 0.6) is 0 Å². The largest absolute Gasteiger partial charge is 0.324 e. The van der Waals surface area contributed by atoms with E-state index in [4.69, 9.17) is 0 Å². The molecule has 2 fully saturated rings. The number of nitrogens with one attached hydrogen (secondary N) is 1. The van der Waals surface area contributed by atoms with Crippen molar-refractivity contribution in [3.63, 3.8) is 0 Å². The molecule has 2 saturated heterocycles. The molecule has 2 heterocycles. The van der Waals surface area contributed by atoms with Crippen molar-refractivity contribution < 1.29 is 9.18 Å². The van der Waals surface area contributed by atoms with Crippen LogP contribution in [0.15, 0.2) is 60.7 Å². The molecule has 5 heteroatoms. The van der Waals surface area contributed by atoms with Gasteiger partial charge in [-0.2, -0.15) is 0 Å². The van der Waals surface area contributed by atoms with E-state index in [-0.39, 0.29) is 11.8 Å². The lowest BCUT2D eigenvalue weighted by atomic mass is 9.89. The van der Waals surface area contributed by atoms with Crippen molar-refractivity contribution in [3.05, 3.63) is 77.6 Å². The first kappa shape index (κ1) is 23.8. The summed E-state index contributed by atoms with van der Waals surface area (Å²) in [6.45, 7) is 7.09. The molecule has 4 nitrogen and oxygen atoms in total. The topological polar surface area (TPSA) is 35.6 Å². The standard InChI is InChI=1S/C30H36FN3O/c1-21-4-3-5-22(2)34(21)20-23-6-7-27-19-29(13-10-26(27)18-23)32-30(35)33-16-14-25(15-17-33)24-8-11-28(31)12-9-24/h6-13,18-19,21-22,25H,3-5,14-17,20H2,1-2H3,(H,32,35)/t21-,22+. The molecule has 2 aliphatic rings. The van der Waals surface area contributed by atoms with E-state index in [1.165, 1.54) is 42.3 Å². The first-order valence-electron chi connectivity index (χ1n) is 13.1. The lowest BCUT2D eigenvalue weighted by molar-refractivity contribution is 0.0953. The molecule has 5 rings (SSSR count). The average Bonchev–Trinajstić information content (AvgIpc) is 2.87. The Bertz CT molecular complexity index is 1160. The summed E-state index contributed by atoms with van der Waals surface area (Å²) in [5.74, 6) is 0.175. The minimum absolute atomic E-state index is 0.0494. The minimum atomic E-state index is -0.205. The van der Waals surface area contributed by atoms with E-state index in [1.54, 1.807) is 0 Å². The van der Waals surface area contributed by atoms with Crippen molar-refractivity contribution in [1.29, 1.82) is 0 Å². The molecule has 1 N–H and O–H groups in total. The number of hydrogen-bond acceptors (Lipinski definition) is 2. The number of benzene rings is 3. The number of nitrogens with zero attached hydrogens (tertiary/aromatic N) is 2. The normalized spacial score (nSPS) is 21.9. The number of fused-ring (bicyclic) bond motifs is 1. The second-order valence-electron chi connectivity index (χ2n) is 10.4. The van der Waals surface area contributed by atoms with Crippen molar-refractivity contribution in [3.8, 4) is 0 Å². The second-order valence-corrected chi connectivity index (χ2v) is 10.4. The highest BCUT2D eigenvalue weighted by atomic mass is 19.1. The van der Waals surface area contributed by atoms with E-state index in [0.29, 0.717) is 31.1 Å². The van der Waals surface area contributed by atoms with Gasteiger partial charge in [0, 0.05) is 37.4 Å². The quantitative estimate of drug-likeness (QED) is 0.437. The van der Waals surface area contributed by atoms with E-state index in [2.05, 4.69) is 54.4 Å². The third-order valence-electron chi connectivity index (χ3n) is 8.02. The Hall–Kier alpha value is -2.92. The molecule has 0 spiro atoms. The number of rotatable bonds is 4. The molecule has 2 amide bonds. The maximum Gasteiger partial charge on any atom is 0.321 e. The third kappa shape index (κ3) is 5.51. The zero-order valence-electron chi connectivity index (χ0n) is 20.8. The Morgan fingerprint density at radius 1 is 0.886 bits per heavy atom. The Balaban J connectivity index is 1.19. The summed E-state index contributed by atoms with van der Waals surface area (Å²) in [5, 5.41) is 5.43. The molecular weight excluding hydrogens is 437 g/mol. The molecule has 0 unspecified atom stereocenters. The molecule has 2 atom stereocenters. The van der Waals surface area contributed by atoms with Crippen LogP contribution in [-0.2, 0) is 6.54 Å². The Kier molecular flexibility index (Phi) is 7.05. The van der Waals surface area contributed by atoms with E-state index in [1.807, 2.05) is 23.1 Å². The van der Waals surface area contributed by atoms with E-state index >= 15 is 0 Å². The van der Waals surface area contributed by atoms with Gasteiger partial charge in [0.05, 0.1) is 0 Å². The van der Waals surface area contributed by atoms with Gasteiger partial charge in [-0.3, -0.25) is 4.90 Å². The predicted molar refractivity (Wildman–Crippen MR) is 141 cm³/mol. The minimum Gasteiger partial charge on any atom is -0.324 e. The van der Waals surface area contributed by atoms with Crippen LogP contribution in [0.2, 0.25) is 0 Å². The molecule has 184 valence electrons. The van der Waals surface area contributed by atoms with Crippen molar-refractivity contribution in [1.82, 2.24) is 9.80 Å². The van der Waals surface area contributed by atoms with Crippen LogP contribution in [0.25, 0.3) is 10.8 Å². The van der Waals surface area contributed by atoms with Gasteiger partial charge < -0.3 is 10.2 Å². The third-order valence-corrected chi connectivity index (χ3v) is 8.02. The molecule has 0 bridgehead atoms. The first-order valence-corrected chi connectivity index (χ1v) is 13.1. The zero-order chi connectivity index (χ0) is 24.4. The number of amides is 2. The summed E-state index contributed by atoms with van der Waals surface area (Å²) in [6, 6.07) is 20.8.